The minimum Gasteiger partial charge on any atom is -0.497 e. The van der Waals surface area contributed by atoms with Crippen LogP contribution in [0.4, 0.5) is 5.69 Å². The van der Waals surface area contributed by atoms with Gasteiger partial charge < -0.3 is 15.4 Å². The van der Waals surface area contributed by atoms with Crippen molar-refractivity contribution < 1.29 is 4.74 Å². The summed E-state index contributed by atoms with van der Waals surface area (Å²) in [5.74, 6) is 1.32. The standard InChI is InChI=1S/C15H16N4O/c1-20-13-6-2-5-12(8-13)19-14(10-18-15(19)16)11-4-3-7-17-9-11/h2-9,14H,10H2,1H3,(H2,16,18). The minimum absolute atomic E-state index is 0.0795. The Hall–Kier alpha value is -2.56. The Morgan fingerprint density at radius 2 is 2.20 bits per heavy atom. The number of hydrogen-bond acceptors (Lipinski definition) is 5. The highest BCUT2D eigenvalue weighted by molar-refractivity contribution is 5.97. The van der Waals surface area contributed by atoms with Gasteiger partial charge in [-0.3, -0.25) is 9.98 Å². The van der Waals surface area contributed by atoms with E-state index in [4.69, 9.17) is 10.5 Å². The number of rotatable bonds is 3. The van der Waals surface area contributed by atoms with E-state index in [9.17, 15) is 0 Å². The Kier molecular flexibility index (Phi) is 3.25. The molecule has 1 unspecified atom stereocenters. The van der Waals surface area contributed by atoms with Crippen molar-refractivity contribution in [2.24, 2.45) is 10.7 Å². The van der Waals surface area contributed by atoms with Crippen molar-refractivity contribution in [3.8, 4) is 5.75 Å². The number of aromatic nitrogens is 1. The largest absolute Gasteiger partial charge is 0.497 e. The molecule has 3 rings (SSSR count). The summed E-state index contributed by atoms with van der Waals surface area (Å²) in [5.41, 5.74) is 8.11. The molecular formula is C15H16N4O. The maximum atomic E-state index is 6.04. The van der Waals surface area contributed by atoms with Crippen LogP contribution in [0.15, 0.2) is 53.8 Å². The van der Waals surface area contributed by atoms with Gasteiger partial charge in [0.2, 0.25) is 0 Å². The summed E-state index contributed by atoms with van der Waals surface area (Å²) in [6.45, 7) is 0.634. The van der Waals surface area contributed by atoms with Gasteiger partial charge in [0, 0.05) is 24.1 Å². The van der Waals surface area contributed by atoms with Crippen LogP contribution in [0.25, 0.3) is 0 Å². The molecule has 2 heterocycles. The predicted octanol–water partition coefficient (Wildman–Crippen LogP) is 1.97. The first kappa shape index (κ1) is 12.5. The number of anilines is 1. The van der Waals surface area contributed by atoms with Gasteiger partial charge >= 0.3 is 0 Å². The third-order valence-electron chi connectivity index (χ3n) is 3.39. The zero-order chi connectivity index (χ0) is 13.9. The Balaban J connectivity index is 1.98. The highest BCUT2D eigenvalue weighted by atomic mass is 16.5. The van der Waals surface area contributed by atoms with Crippen LogP contribution in [-0.2, 0) is 0 Å². The van der Waals surface area contributed by atoms with E-state index in [0.717, 1.165) is 17.0 Å². The molecular weight excluding hydrogens is 252 g/mol. The fourth-order valence-electron chi connectivity index (χ4n) is 2.40. The molecule has 2 aromatic rings. The number of pyridine rings is 1. The summed E-state index contributed by atoms with van der Waals surface area (Å²) in [4.78, 5) is 10.5. The number of guanidine groups is 1. The van der Waals surface area contributed by atoms with E-state index in [0.29, 0.717) is 12.5 Å². The third kappa shape index (κ3) is 2.18. The number of methoxy groups -OCH3 is 1. The first-order valence-corrected chi connectivity index (χ1v) is 6.42. The normalized spacial score (nSPS) is 17.9. The van der Waals surface area contributed by atoms with Gasteiger partial charge in [-0.2, -0.15) is 0 Å². The van der Waals surface area contributed by atoms with Crippen molar-refractivity contribution in [1.82, 2.24) is 4.98 Å². The van der Waals surface area contributed by atoms with Gasteiger partial charge in [-0.05, 0) is 23.8 Å². The number of aliphatic imine (C=N–C) groups is 1. The van der Waals surface area contributed by atoms with Crippen molar-refractivity contribution in [3.63, 3.8) is 0 Å². The molecule has 0 saturated carbocycles. The Bertz CT molecular complexity index is 627. The van der Waals surface area contributed by atoms with E-state index in [2.05, 4.69) is 9.98 Å². The lowest BCUT2D eigenvalue weighted by Crippen LogP contribution is -2.36. The third-order valence-corrected chi connectivity index (χ3v) is 3.39. The summed E-state index contributed by atoms with van der Waals surface area (Å²) in [7, 11) is 1.65. The minimum atomic E-state index is 0.0795. The van der Waals surface area contributed by atoms with E-state index in [1.165, 1.54) is 0 Å². The highest BCUT2D eigenvalue weighted by Crippen LogP contribution is 2.32. The Labute approximate surface area is 117 Å². The van der Waals surface area contributed by atoms with Gasteiger partial charge in [0.1, 0.15) is 5.75 Å². The van der Waals surface area contributed by atoms with Crippen molar-refractivity contribution >= 4 is 11.6 Å². The van der Waals surface area contributed by atoms with Crippen LogP contribution >= 0.6 is 0 Å². The van der Waals surface area contributed by atoms with E-state index in [1.54, 1.807) is 13.3 Å². The predicted molar refractivity (Wildman–Crippen MR) is 78.9 cm³/mol. The fourth-order valence-corrected chi connectivity index (χ4v) is 2.40. The zero-order valence-corrected chi connectivity index (χ0v) is 11.2. The average molecular weight is 268 g/mol. The van der Waals surface area contributed by atoms with Gasteiger partial charge in [0.25, 0.3) is 0 Å². The zero-order valence-electron chi connectivity index (χ0n) is 11.2. The molecule has 0 fully saturated rings. The number of nitrogens with two attached hydrogens (primary N) is 1. The molecule has 2 N–H and O–H groups in total. The first-order valence-electron chi connectivity index (χ1n) is 6.42. The van der Waals surface area contributed by atoms with E-state index >= 15 is 0 Å². The lowest BCUT2D eigenvalue weighted by molar-refractivity contribution is 0.415. The van der Waals surface area contributed by atoms with Crippen LogP contribution in [0, 0.1) is 0 Å². The second kappa shape index (κ2) is 5.21. The number of benzene rings is 1. The summed E-state index contributed by atoms with van der Waals surface area (Å²) in [6, 6.07) is 11.9. The van der Waals surface area contributed by atoms with Crippen LogP contribution in [-0.4, -0.2) is 24.6 Å². The lowest BCUT2D eigenvalue weighted by atomic mass is 10.1. The SMILES string of the molecule is COc1cccc(N2C(N)=NCC2c2cccnc2)c1. The summed E-state index contributed by atoms with van der Waals surface area (Å²) in [6.07, 6.45) is 3.62. The molecule has 1 aromatic heterocycles. The van der Waals surface area contributed by atoms with Crippen LogP contribution in [0.1, 0.15) is 11.6 Å². The summed E-state index contributed by atoms with van der Waals surface area (Å²) >= 11 is 0. The maximum Gasteiger partial charge on any atom is 0.196 e. The molecule has 1 aliphatic heterocycles. The van der Waals surface area contributed by atoms with Crippen LogP contribution in [0.3, 0.4) is 0 Å². The molecule has 0 amide bonds. The average Bonchev–Trinajstić information content (AvgIpc) is 2.90. The topological polar surface area (TPSA) is 63.7 Å². The number of ether oxygens (including phenoxy) is 1. The summed E-state index contributed by atoms with van der Waals surface area (Å²) < 4.78 is 5.27. The second-order valence-corrected chi connectivity index (χ2v) is 4.57. The fraction of sp³-hybridized carbons (Fsp3) is 0.200. The van der Waals surface area contributed by atoms with E-state index in [1.807, 2.05) is 47.5 Å². The molecule has 0 radical (unpaired) electrons. The molecule has 5 heteroatoms. The quantitative estimate of drug-likeness (QED) is 0.924. The maximum absolute atomic E-state index is 6.04. The lowest BCUT2D eigenvalue weighted by Gasteiger charge is -2.26. The monoisotopic (exact) mass is 268 g/mol. The van der Waals surface area contributed by atoms with E-state index in [-0.39, 0.29) is 6.04 Å². The molecule has 1 atom stereocenters. The van der Waals surface area contributed by atoms with Gasteiger partial charge in [-0.25, -0.2) is 0 Å². The van der Waals surface area contributed by atoms with Gasteiger partial charge in [0.15, 0.2) is 5.96 Å². The van der Waals surface area contributed by atoms with Gasteiger partial charge in [-0.1, -0.05) is 12.1 Å². The number of nitrogens with zero attached hydrogens (tertiary/aromatic N) is 3. The molecule has 0 spiro atoms. The highest BCUT2D eigenvalue weighted by Gasteiger charge is 2.29. The molecule has 102 valence electrons. The Morgan fingerprint density at radius 3 is 2.95 bits per heavy atom. The summed E-state index contributed by atoms with van der Waals surface area (Å²) in [5, 5.41) is 0. The number of hydrogen-bond donors (Lipinski definition) is 1. The second-order valence-electron chi connectivity index (χ2n) is 4.57. The van der Waals surface area contributed by atoms with Crippen LogP contribution in [0.2, 0.25) is 0 Å². The van der Waals surface area contributed by atoms with E-state index < -0.39 is 0 Å². The van der Waals surface area contributed by atoms with Crippen molar-refractivity contribution in [1.29, 1.82) is 0 Å². The van der Waals surface area contributed by atoms with Crippen molar-refractivity contribution in [2.75, 3.05) is 18.6 Å². The van der Waals surface area contributed by atoms with Crippen LogP contribution in [0.5, 0.6) is 5.75 Å². The first-order chi connectivity index (χ1) is 9.79. The van der Waals surface area contributed by atoms with Gasteiger partial charge in [-0.15, -0.1) is 0 Å². The Morgan fingerprint density at radius 1 is 1.30 bits per heavy atom. The molecule has 0 bridgehead atoms. The molecule has 20 heavy (non-hydrogen) atoms. The van der Waals surface area contributed by atoms with Crippen molar-refractivity contribution in [2.45, 2.75) is 6.04 Å². The molecule has 1 aliphatic rings. The molecule has 5 nitrogen and oxygen atoms in total. The molecule has 0 saturated heterocycles. The van der Waals surface area contributed by atoms with Gasteiger partial charge in [0.05, 0.1) is 19.7 Å². The smallest absolute Gasteiger partial charge is 0.196 e. The van der Waals surface area contributed by atoms with Crippen LogP contribution < -0.4 is 15.4 Å². The van der Waals surface area contributed by atoms with Crippen molar-refractivity contribution in [3.05, 3.63) is 54.4 Å². The molecule has 1 aromatic carbocycles. The molecule has 0 aliphatic carbocycles.